The first kappa shape index (κ1) is 22.4. The number of carbonyl (C=O) groups excluding carboxylic acids is 1. The minimum Gasteiger partial charge on any atom is -0.344 e. The molecule has 8 heteroatoms. The molecule has 0 saturated heterocycles. The molecule has 1 atom stereocenters. The Morgan fingerprint density at radius 2 is 2.09 bits per heavy atom. The van der Waals surface area contributed by atoms with Gasteiger partial charge in [0.2, 0.25) is 5.91 Å². The number of aromatic amines is 1. The van der Waals surface area contributed by atoms with E-state index in [9.17, 15) is 9.59 Å². The van der Waals surface area contributed by atoms with Gasteiger partial charge in [-0.3, -0.25) is 9.59 Å². The van der Waals surface area contributed by atoms with Crippen molar-refractivity contribution in [1.29, 1.82) is 0 Å². The summed E-state index contributed by atoms with van der Waals surface area (Å²) in [6, 6.07) is 12.3. The minimum atomic E-state index is -0.160. The number of hydrogen-bond donors (Lipinski definition) is 2. The van der Waals surface area contributed by atoms with Gasteiger partial charge in [0.1, 0.15) is 10.7 Å². The van der Waals surface area contributed by atoms with E-state index in [0.29, 0.717) is 17.3 Å². The van der Waals surface area contributed by atoms with E-state index >= 15 is 0 Å². The normalized spacial score (nSPS) is 13.8. The van der Waals surface area contributed by atoms with E-state index in [1.165, 1.54) is 27.8 Å². The van der Waals surface area contributed by atoms with Crippen molar-refractivity contribution in [2.75, 3.05) is 5.75 Å². The molecule has 0 spiro atoms. The van der Waals surface area contributed by atoms with Crippen LogP contribution in [0.4, 0.5) is 0 Å². The van der Waals surface area contributed by atoms with Gasteiger partial charge in [-0.15, -0.1) is 34.4 Å². The van der Waals surface area contributed by atoms with Gasteiger partial charge < -0.3 is 10.3 Å². The van der Waals surface area contributed by atoms with Crippen molar-refractivity contribution < 1.29 is 4.79 Å². The number of thioether (sulfide) groups is 1. The molecule has 5 nitrogen and oxygen atoms in total. The molecule has 5 rings (SSSR count). The Kier molecular flexibility index (Phi) is 6.66. The quantitative estimate of drug-likeness (QED) is 0.351. The molecule has 0 saturated carbocycles. The number of thiophene rings is 2. The van der Waals surface area contributed by atoms with Crippen LogP contribution in [0.25, 0.3) is 10.2 Å². The molecule has 1 unspecified atom stereocenters. The molecule has 1 aromatic carbocycles. The van der Waals surface area contributed by atoms with Gasteiger partial charge in [0.25, 0.3) is 5.56 Å². The lowest BCUT2D eigenvalue weighted by atomic mass is 10.0. The summed E-state index contributed by atoms with van der Waals surface area (Å²) in [7, 11) is 0. The summed E-state index contributed by atoms with van der Waals surface area (Å²) < 4.78 is 0. The highest BCUT2D eigenvalue weighted by atomic mass is 32.2. The standard InChI is InChI=1S/C25H25N3O2S3/c1-2-15-8-10-16(11-9-15)23(19-7-4-12-32-19)28-21(29)14-31-13-20-26-24(30)22-17-5-3-6-18(17)33-25(22)27-20/h4,7-12,23H,2-3,5-6,13-14H2,1H3,(H,28,29)(H,26,27,30). The number of aromatic nitrogens is 2. The second-order valence-corrected chi connectivity index (χ2v) is 11.2. The van der Waals surface area contributed by atoms with E-state index in [-0.39, 0.29) is 17.5 Å². The van der Waals surface area contributed by atoms with Gasteiger partial charge in [-0.25, -0.2) is 4.98 Å². The lowest BCUT2D eigenvalue weighted by Crippen LogP contribution is -2.30. The van der Waals surface area contributed by atoms with Crippen LogP contribution in [0.3, 0.4) is 0 Å². The summed E-state index contributed by atoms with van der Waals surface area (Å²) in [4.78, 5) is 36.3. The third kappa shape index (κ3) is 4.78. The highest BCUT2D eigenvalue weighted by molar-refractivity contribution is 7.99. The average molecular weight is 496 g/mol. The molecule has 33 heavy (non-hydrogen) atoms. The molecule has 0 radical (unpaired) electrons. The molecule has 0 fully saturated rings. The first-order chi connectivity index (χ1) is 16.1. The maximum Gasteiger partial charge on any atom is 0.259 e. The summed E-state index contributed by atoms with van der Waals surface area (Å²) in [5.74, 6) is 1.40. The number of aryl methyl sites for hydroxylation is 3. The number of amides is 1. The van der Waals surface area contributed by atoms with Crippen LogP contribution in [0, 0.1) is 0 Å². The fourth-order valence-corrected chi connectivity index (χ4v) is 7.06. The van der Waals surface area contributed by atoms with E-state index in [4.69, 9.17) is 0 Å². The van der Waals surface area contributed by atoms with Crippen LogP contribution < -0.4 is 10.9 Å². The Bertz CT molecular complexity index is 1320. The largest absolute Gasteiger partial charge is 0.344 e. The van der Waals surface area contributed by atoms with Crippen LogP contribution >= 0.6 is 34.4 Å². The minimum absolute atomic E-state index is 0.0310. The zero-order valence-electron chi connectivity index (χ0n) is 18.3. The number of hydrogen-bond acceptors (Lipinski definition) is 6. The molecule has 0 bridgehead atoms. The smallest absolute Gasteiger partial charge is 0.259 e. The van der Waals surface area contributed by atoms with Crippen molar-refractivity contribution in [2.45, 2.75) is 44.4 Å². The average Bonchev–Trinajstić information content (AvgIpc) is 3.55. The predicted octanol–water partition coefficient (Wildman–Crippen LogP) is 5.24. The highest BCUT2D eigenvalue weighted by Crippen LogP contribution is 2.34. The van der Waals surface area contributed by atoms with Gasteiger partial charge in [-0.2, -0.15) is 0 Å². The fraction of sp³-hybridized carbons (Fsp3) is 0.320. The van der Waals surface area contributed by atoms with Crippen LogP contribution in [-0.4, -0.2) is 21.6 Å². The van der Waals surface area contributed by atoms with Gasteiger partial charge in [-0.1, -0.05) is 37.3 Å². The second kappa shape index (κ2) is 9.83. The molecule has 3 aromatic heterocycles. The third-order valence-electron chi connectivity index (χ3n) is 5.95. The summed E-state index contributed by atoms with van der Waals surface area (Å²) in [6.45, 7) is 2.13. The molecule has 1 amide bonds. The van der Waals surface area contributed by atoms with Gasteiger partial charge in [0, 0.05) is 9.75 Å². The van der Waals surface area contributed by atoms with E-state index in [1.54, 1.807) is 22.7 Å². The van der Waals surface area contributed by atoms with Gasteiger partial charge in [0.15, 0.2) is 0 Å². The number of fused-ring (bicyclic) bond motifs is 3. The summed E-state index contributed by atoms with van der Waals surface area (Å²) in [6.07, 6.45) is 4.13. The number of rotatable bonds is 8. The molecule has 170 valence electrons. The lowest BCUT2D eigenvalue weighted by Gasteiger charge is -2.18. The van der Waals surface area contributed by atoms with Gasteiger partial charge in [-0.05, 0) is 53.8 Å². The van der Waals surface area contributed by atoms with Crippen LogP contribution in [0.5, 0.6) is 0 Å². The van der Waals surface area contributed by atoms with E-state index in [2.05, 4.69) is 52.5 Å². The Balaban J connectivity index is 1.24. The molecular formula is C25H25N3O2S3. The number of H-pyrrole nitrogens is 1. The summed E-state index contributed by atoms with van der Waals surface area (Å²) in [5, 5.41) is 5.99. The maximum atomic E-state index is 12.8. The first-order valence-electron chi connectivity index (χ1n) is 11.1. The number of benzene rings is 1. The van der Waals surface area contributed by atoms with Crippen molar-refractivity contribution in [3.63, 3.8) is 0 Å². The van der Waals surface area contributed by atoms with Crippen molar-refractivity contribution in [1.82, 2.24) is 15.3 Å². The monoisotopic (exact) mass is 495 g/mol. The molecular weight excluding hydrogens is 470 g/mol. The molecule has 2 N–H and O–H groups in total. The van der Waals surface area contributed by atoms with Crippen LogP contribution in [-0.2, 0) is 29.8 Å². The van der Waals surface area contributed by atoms with E-state index in [0.717, 1.165) is 46.3 Å². The van der Waals surface area contributed by atoms with Crippen molar-refractivity contribution in [2.24, 2.45) is 0 Å². The maximum absolute atomic E-state index is 12.8. The zero-order valence-corrected chi connectivity index (χ0v) is 20.8. The second-order valence-electron chi connectivity index (χ2n) is 8.15. The van der Waals surface area contributed by atoms with Crippen LogP contribution in [0.2, 0.25) is 0 Å². The first-order valence-corrected chi connectivity index (χ1v) is 14.0. The number of nitrogens with one attached hydrogen (secondary N) is 2. The summed E-state index contributed by atoms with van der Waals surface area (Å²) in [5.41, 5.74) is 3.50. The SMILES string of the molecule is CCc1ccc(C(NC(=O)CSCc2nc3sc4c(c3c(=O)[nH]2)CCC4)c2cccs2)cc1. The van der Waals surface area contributed by atoms with Crippen LogP contribution in [0.1, 0.15) is 51.7 Å². The number of carbonyl (C=O) groups is 1. The molecule has 3 heterocycles. The van der Waals surface area contributed by atoms with Crippen LogP contribution in [0.15, 0.2) is 46.6 Å². The highest BCUT2D eigenvalue weighted by Gasteiger charge is 2.21. The predicted molar refractivity (Wildman–Crippen MR) is 139 cm³/mol. The van der Waals surface area contributed by atoms with Crippen molar-refractivity contribution >= 4 is 50.6 Å². The molecule has 1 aliphatic rings. The van der Waals surface area contributed by atoms with Crippen molar-refractivity contribution in [3.05, 3.63) is 84.4 Å². The zero-order chi connectivity index (χ0) is 22.8. The Labute approximate surface area is 204 Å². The topological polar surface area (TPSA) is 74.8 Å². The Hall–Kier alpha value is -2.42. The van der Waals surface area contributed by atoms with Crippen molar-refractivity contribution in [3.8, 4) is 0 Å². The fourth-order valence-electron chi connectivity index (χ4n) is 4.28. The number of nitrogens with zero attached hydrogens (tertiary/aromatic N) is 1. The van der Waals surface area contributed by atoms with E-state index in [1.807, 2.05) is 11.4 Å². The molecule has 4 aromatic rings. The summed E-state index contributed by atoms with van der Waals surface area (Å²) >= 11 is 4.75. The van der Waals surface area contributed by atoms with E-state index < -0.39 is 0 Å². The Morgan fingerprint density at radius 3 is 2.85 bits per heavy atom. The van der Waals surface area contributed by atoms with Gasteiger partial charge >= 0.3 is 0 Å². The lowest BCUT2D eigenvalue weighted by molar-refractivity contribution is -0.119. The third-order valence-corrected chi connectivity index (χ3v) is 9.02. The molecule has 0 aliphatic heterocycles. The molecule has 1 aliphatic carbocycles. The van der Waals surface area contributed by atoms with Gasteiger partial charge in [0.05, 0.1) is 22.9 Å². The Morgan fingerprint density at radius 1 is 1.24 bits per heavy atom.